The van der Waals surface area contributed by atoms with Gasteiger partial charge in [-0.15, -0.1) is 11.3 Å². The SMILES string of the molecule is Cc1ccc(C)c(OCC(=O)N=c2sccn2C)c1. The van der Waals surface area contributed by atoms with Gasteiger partial charge in [0.25, 0.3) is 5.91 Å². The number of nitrogens with zero attached hydrogens (tertiary/aromatic N) is 2. The Hall–Kier alpha value is -1.88. The van der Waals surface area contributed by atoms with Crippen LogP contribution >= 0.6 is 11.3 Å². The molecule has 0 atom stereocenters. The Bertz CT molecular complexity index is 655. The lowest BCUT2D eigenvalue weighted by molar-refractivity contribution is -0.120. The van der Waals surface area contributed by atoms with E-state index in [0.29, 0.717) is 4.80 Å². The molecule has 0 aliphatic heterocycles. The molecule has 0 aliphatic carbocycles. The van der Waals surface area contributed by atoms with Crippen LogP contribution in [-0.4, -0.2) is 17.1 Å². The Morgan fingerprint density at radius 1 is 1.42 bits per heavy atom. The first-order valence-electron chi connectivity index (χ1n) is 5.94. The standard InChI is InChI=1S/C14H16N2O2S/c1-10-4-5-11(2)12(8-10)18-9-13(17)15-14-16(3)6-7-19-14/h4-8H,9H2,1-3H3. The maximum atomic E-state index is 11.7. The topological polar surface area (TPSA) is 43.6 Å². The van der Waals surface area contributed by atoms with Crippen LogP contribution in [-0.2, 0) is 11.8 Å². The van der Waals surface area contributed by atoms with Crippen LogP contribution in [0.2, 0.25) is 0 Å². The zero-order valence-electron chi connectivity index (χ0n) is 11.2. The van der Waals surface area contributed by atoms with Crippen LogP contribution in [0, 0.1) is 13.8 Å². The van der Waals surface area contributed by atoms with Crippen molar-refractivity contribution in [1.29, 1.82) is 0 Å². The molecular formula is C14H16N2O2S. The van der Waals surface area contributed by atoms with Crippen molar-refractivity contribution in [3.8, 4) is 5.75 Å². The molecule has 2 aromatic rings. The Kier molecular flexibility index (Phi) is 4.16. The summed E-state index contributed by atoms with van der Waals surface area (Å²) in [5.74, 6) is 0.457. The minimum atomic E-state index is -0.279. The maximum absolute atomic E-state index is 11.7. The Morgan fingerprint density at radius 3 is 2.89 bits per heavy atom. The fourth-order valence-electron chi connectivity index (χ4n) is 1.58. The molecule has 19 heavy (non-hydrogen) atoms. The molecule has 5 heteroatoms. The molecule has 0 saturated carbocycles. The van der Waals surface area contributed by atoms with Crippen LogP contribution in [0.4, 0.5) is 0 Å². The molecule has 0 unspecified atom stereocenters. The van der Waals surface area contributed by atoms with E-state index < -0.39 is 0 Å². The van der Waals surface area contributed by atoms with E-state index in [1.54, 1.807) is 4.57 Å². The third-order valence-electron chi connectivity index (χ3n) is 2.67. The molecule has 1 aromatic carbocycles. The lowest BCUT2D eigenvalue weighted by Gasteiger charge is -2.07. The van der Waals surface area contributed by atoms with Crippen molar-refractivity contribution >= 4 is 17.2 Å². The number of ether oxygens (including phenoxy) is 1. The number of amides is 1. The van der Waals surface area contributed by atoms with Gasteiger partial charge in [0.15, 0.2) is 11.4 Å². The third kappa shape index (κ3) is 3.54. The largest absolute Gasteiger partial charge is 0.483 e. The molecule has 0 saturated heterocycles. The molecule has 0 radical (unpaired) electrons. The van der Waals surface area contributed by atoms with Crippen molar-refractivity contribution in [2.24, 2.45) is 12.0 Å². The number of rotatable bonds is 3. The van der Waals surface area contributed by atoms with Crippen molar-refractivity contribution in [3.63, 3.8) is 0 Å². The highest BCUT2D eigenvalue weighted by atomic mass is 32.1. The Morgan fingerprint density at radius 2 is 2.21 bits per heavy atom. The molecule has 0 spiro atoms. The molecule has 1 amide bonds. The molecular weight excluding hydrogens is 260 g/mol. The lowest BCUT2D eigenvalue weighted by atomic mass is 10.1. The molecule has 0 N–H and O–H groups in total. The van der Waals surface area contributed by atoms with Crippen LogP contribution in [0.3, 0.4) is 0 Å². The summed E-state index contributed by atoms with van der Waals surface area (Å²) in [6, 6.07) is 5.92. The van der Waals surface area contributed by atoms with Crippen molar-refractivity contribution < 1.29 is 9.53 Å². The van der Waals surface area contributed by atoms with Crippen LogP contribution in [0.25, 0.3) is 0 Å². The number of carbonyl (C=O) groups excluding carboxylic acids is 1. The minimum absolute atomic E-state index is 0.0395. The van der Waals surface area contributed by atoms with Crippen LogP contribution < -0.4 is 9.54 Å². The molecule has 100 valence electrons. The Labute approximate surface area is 116 Å². The second kappa shape index (κ2) is 5.84. The fraction of sp³-hybridized carbons (Fsp3) is 0.286. The summed E-state index contributed by atoms with van der Waals surface area (Å²) in [4.78, 5) is 16.4. The predicted molar refractivity (Wildman–Crippen MR) is 75.3 cm³/mol. The summed E-state index contributed by atoms with van der Waals surface area (Å²) in [6.45, 7) is 3.90. The zero-order chi connectivity index (χ0) is 13.8. The molecule has 0 aliphatic rings. The predicted octanol–water partition coefficient (Wildman–Crippen LogP) is 2.21. The van der Waals surface area contributed by atoms with Crippen LogP contribution in [0.5, 0.6) is 5.75 Å². The van der Waals surface area contributed by atoms with Gasteiger partial charge in [-0.1, -0.05) is 12.1 Å². The molecule has 1 heterocycles. The third-order valence-corrected chi connectivity index (χ3v) is 3.52. The van der Waals surface area contributed by atoms with Crippen molar-refractivity contribution in [1.82, 2.24) is 4.57 Å². The second-order valence-corrected chi connectivity index (χ2v) is 5.23. The van der Waals surface area contributed by atoms with Gasteiger partial charge in [-0.2, -0.15) is 4.99 Å². The Balaban J connectivity index is 2.05. The van der Waals surface area contributed by atoms with Crippen molar-refractivity contribution in [3.05, 3.63) is 45.7 Å². The summed E-state index contributed by atoms with van der Waals surface area (Å²) in [5.41, 5.74) is 2.12. The average molecular weight is 276 g/mol. The first kappa shape index (κ1) is 13.5. The highest BCUT2D eigenvalue weighted by Crippen LogP contribution is 2.18. The minimum Gasteiger partial charge on any atom is -0.483 e. The van der Waals surface area contributed by atoms with Crippen LogP contribution in [0.1, 0.15) is 11.1 Å². The number of aromatic nitrogens is 1. The van der Waals surface area contributed by atoms with E-state index in [-0.39, 0.29) is 12.5 Å². The number of benzene rings is 1. The summed E-state index contributed by atoms with van der Waals surface area (Å²) in [6.07, 6.45) is 1.86. The summed E-state index contributed by atoms with van der Waals surface area (Å²) < 4.78 is 7.33. The fourth-order valence-corrected chi connectivity index (χ4v) is 2.32. The van der Waals surface area contributed by atoms with Crippen LogP contribution in [0.15, 0.2) is 34.8 Å². The normalized spacial score (nSPS) is 11.6. The van der Waals surface area contributed by atoms with E-state index in [4.69, 9.17) is 4.74 Å². The smallest absolute Gasteiger partial charge is 0.286 e. The molecule has 2 rings (SSSR count). The number of hydrogen-bond donors (Lipinski definition) is 0. The maximum Gasteiger partial charge on any atom is 0.286 e. The highest BCUT2D eigenvalue weighted by molar-refractivity contribution is 7.07. The molecule has 0 bridgehead atoms. The quantitative estimate of drug-likeness (QED) is 0.862. The van der Waals surface area contributed by atoms with E-state index >= 15 is 0 Å². The first-order chi connectivity index (χ1) is 9.06. The zero-order valence-corrected chi connectivity index (χ0v) is 12.0. The van der Waals surface area contributed by atoms with E-state index in [0.717, 1.165) is 16.9 Å². The van der Waals surface area contributed by atoms with Gasteiger partial charge in [0.05, 0.1) is 0 Å². The van der Waals surface area contributed by atoms with E-state index in [1.807, 2.05) is 50.7 Å². The van der Waals surface area contributed by atoms with E-state index in [1.165, 1.54) is 11.3 Å². The van der Waals surface area contributed by atoms with Gasteiger partial charge in [0.1, 0.15) is 5.75 Å². The monoisotopic (exact) mass is 276 g/mol. The summed E-state index contributed by atoms with van der Waals surface area (Å²) >= 11 is 1.43. The first-order valence-corrected chi connectivity index (χ1v) is 6.82. The molecule has 0 fully saturated rings. The van der Waals surface area contributed by atoms with E-state index in [2.05, 4.69) is 4.99 Å². The highest BCUT2D eigenvalue weighted by Gasteiger charge is 2.04. The van der Waals surface area contributed by atoms with Gasteiger partial charge in [-0.25, -0.2) is 0 Å². The molecule has 1 aromatic heterocycles. The van der Waals surface area contributed by atoms with Gasteiger partial charge in [0.2, 0.25) is 0 Å². The number of aryl methyl sites for hydroxylation is 3. The molecule has 4 nitrogen and oxygen atoms in total. The van der Waals surface area contributed by atoms with Gasteiger partial charge < -0.3 is 9.30 Å². The average Bonchev–Trinajstić information content (AvgIpc) is 2.76. The van der Waals surface area contributed by atoms with Gasteiger partial charge >= 0.3 is 0 Å². The van der Waals surface area contributed by atoms with Gasteiger partial charge in [-0.3, -0.25) is 4.79 Å². The number of hydrogen-bond acceptors (Lipinski definition) is 3. The van der Waals surface area contributed by atoms with Crippen molar-refractivity contribution in [2.75, 3.05) is 6.61 Å². The summed E-state index contributed by atoms with van der Waals surface area (Å²) in [5, 5.41) is 1.89. The number of carbonyl (C=O) groups is 1. The second-order valence-electron chi connectivity index (χ2n) is 4.36. The lowest BCUT2D eigenvalue weighted by Crippen LogP contribution is -2.17. The van der Waals surface area contributed by atoms with Gasteiger partial charge in [-0.05, 0) is 31.0 Å². The summed E-state index contributed by atoms with van der Waals surface area (Å²) in [7, 11) is 1.86. The van der Waals surface area contributed by atoms with Crippen molar-refractivity contribution in [2.45, 2.75) is 13.8 Å². The number of thiazole rings is 1. The van der Waals surface area contributed by atoms with Gasteiger partial charge in [0, 0.05) is 18.6 Å². The van der Waals surface area contributed by atoms with E-state index in [9.17, 15) is 4.79 Å².